The van der Waals surface area contributed by atoms with Crippen molar-refractivity contribution < 1.29 is 9.53 Å². The van der Waals surface area contributed by atoms with E-state index in [-0.39, 0.29) is 5.69 Å². The Labute approximate surface area is 104 Å². The largest absolute Gasteiger partial charge is 0.464 e. The van der Waals surface area contributed by atoms with E-state index in [1.54, 1.807) is 16.8 Å². The molecule has 0 saturated carbocycles. The first-order valence-electron chi connectivity index (χ1n) is 5.56. The molecule has 0 atom stereocenters. The normalized spacial score (nSPS) is 10.3. The lowest BCUT2D eigenvalue weighted by Gasteiger charge is -2.06. The third kappa shape index (κ3) is 2.04. The number of nitrogen functional groups attached to an aromatic ring is 1. The lowest BCUT2D eigenvalue weighted by Crippen LogP contribution is -2.08. The zero-order chi connectivity index (χ0) is 13.1. The van der Waals surface area contributed by atoms with E-state index in [0.29, 0.717) is 17.8 Å². The smallest absolute Gasteiger partial charge is 0.360 e. The molecule has 1 aromatic carbocycles. The van der Waals surface area contributed by atoms with Crippen LogP contribution in [0.15, 0.2) is 24.3 Å². The summed E-state index contributed by atoms with van der Waals surface area (Å²) in [6, 6.07) is 7.23. The summed E-state index contributed by atoms with van der Waals surface area (Å²) in [5.74, 6) is -0.484. The molecule has 0 amide bonds. The van der Waals surface area contributed by atoms with Gasteiger partial charge in [-0.2, -0.15) is 0 Å². The van der Waals surface area contributed by atoms with Crippen molar-refractivity contribution in [2.75, 3.05) is 12.8 Å². The molecule has 1 heterocycles. The minimum absolute atomic E-state index is 0.238. The van der Waals surface area contributed by atoms with E-state index in [9.17, 15) is 4.79 Å². The monoisotopic (exact) mass is 246 g/mol. The topological polar surface area (TPSA) is 83.0 Å². The van der Waals surface area contributed by atoms with Gasteiger partial charge in [-0.3, -0.25) is 0 Å². The molecule has 0 radical (unpaired) electrons. The summed E-state index contributed by atoms with van der Waals surface area (Å²) in [7, 11) is 1.32. The molecule has 18 heavy (non-hydrogen) atoms. The van der Waals surface area contributed by atoms with Gasteiger partial charge < -0.3 is 10.5 Å². The average Bonchev–Trinajstić information content (AvgIpc) is 2.81. The summed E-state index contributed by atoms with van der Waals surface area (Å²) >= 11 is 0. The molecule has 2 rings (SSSR count). The molecule has 1 aromatic heterocycles. The molecule has 0 aliphatic rings. The molecular weight excluding hydrogens is 232 g/mol. The second-order valence-corrected chi connectivity index (χ2v) is 3.74. The van der Waals surface area contributed by atoms with Crippen LogP contribution in [0.25, 0.3) is 5.69 Å². The van der Waals surface area contributed by atoms with Crippen LogP contribution in [0.1, 0.15) is 23.1 Å². The van der Waals surface area contributed by atoms with E-state index in [1.165, 1.54) is 7.11 Å². The fourth-order valence-corrected chi connectivity index (χ4v) is 1.74. The van der Waals surface area contributed by atoms with Gasteiger partial charge in [0.25, 0.3) is 0 Å². The first kappa shape index (κ1) is 12.1. The van der Waals surface area contributed by atoms with Gasteiger partial charge in [0.2, 0.25) is 0 Å². The van der Waals surface area contributed by atoms with Crippen LogP contribution < -0.4 is 5.73 Å². The van der Waals surface area contributed by atoms with Gasteiger partial charge in [0.15, 0.2) is 5.69 Å². The Morgan fingerprint density at radius 2 is 2.28 bits per heavy atom. The van der Waals surface area contributed by atoms with Crippen LogP contribution in [0, 0.1) is 0 Å². The van der Waals surface area contributed by atoms with Crippen molar-refractivity contribution in [3.05, 3.63) is 35.7 Å². The maximum atomic E-state index is 11.5. The number of hydrogen-bond donors (Lipinski definition) is 1. The molecular formula is C12H14N4O2. The predicted molar refractivity (Wildman–Crippen MR) is 66.5 cm³/mol. The number of methoxy groups -OCH3 is 1. The molecule has 6 nitrogen and oxygen atoms in total. The number of anilines is 1. The zero-order valence-electron chi connectivity index (χ0n) is 10.3. The molecule has 0 spiro atoms. The van der Waals surface area contributed by atoms with Crippen molar-refractivity contribution in [2.24, 2.45) is 0 Å². The quantitative estimate of drug-likeness (QED) is 0.650. The molecule has 6 heteroatoms. The number of carbonyl (C=O) groups excluding carboxylic acids is 1. The minimum atomic E-state index is -0.484. The number of benzene rings is 1. The summed E-state index contributed by atoms with van der Waals surface area (Å²) < 4.78 is 6.27. The highest BCUT2D eigenvalue weighted by Crippen LogP contribution is 2.16. The number of nitrogens with zero attached hydrogens (tertiary/aromatic N) is 3. The maximum Gasteiger partial charge on any atom is 0.360 e. The van der Waals surface area contributed by atoms with Crippen LogP contribution in [0.5, 0.6) is 0 Å². The summed E-state index contributed by atoms with van der Waals surface area (Å²) in [6.07, 6.45) is 0.617. The van der Waals surface area contributed by atoms with E-state index in [1.807, 2.05) is 19.1 Å². The first-order valence-corrected chi connectivity index (χ1v) is 5.56. The summed E-state index contributed by atoms with van der Waals surface area (Å²) in [4.78, 5) is 11.5. The summed E-state index contributed by atoms with van der Waals surface area (Å²) in [6.45, 7) is 1.92. The molecule has 0 fully saturated rings. The Kier molecular flexibility index (Phi) is 3.27. The van der Waals surface area contributed by atoms with Crippen LogP contribution in [0.4, 0.5) is 5.69 Å². The van der Waals surface area contributed by atoms with Gasteiger partial charge in [0, 0.05) is 5.69 Å². The van der Waals surface area contributed by atoms with Crippen molar-refractivity contribution in [1.29, 1.82) is 0 Å². The maximum absolute atomic E-state index is 11.5. The second kappa shape index (κ2) is 4.87. The van der Waals surface area contributed by atoms with E-state index < -0.39 is 5.97 Å². The van der Waals surface area contributed by atoms with Crippen molar-refractivity contribution >= 4 is 11.7 Å². The fraction of sp³-hybridized carbons (Fsp3) is 0.250. The van der Waals surface area contributed by atoms with Gasteiger partial charge in [-0.05, 0) is 24.6 Å². The lowest BCUT2D eigenvalue weighted by molar-refractivity contribution is 0.0592. The summed E-state index contributed by atoms with van der Waals surface area (Å²) in [5.41, 5.74) is 8.07. The lowest BCUT2D eigenvalue weighted by atomic mass is 10.2. The molecule has 2 N–H and O–H groups in total. The molecule has 94 valence electrons. The summed E-state index contributed by atoms with van der Waals surface area (Å²) in [5, 5.41) is 7.84. The Balaban J connectivity index is 2.52. The SMILES string of the molecule is CCc1c(C(=O)OC)nnn1-c1cccc(N)c1. The zero-order valence-corrected chi connectivity index (χ0v) is 10.3. The second-order valence-electron chi connectivity index (χ2n) is 3.74. The van der Waals surface area contributed by atoms with Crippen molar-refractivity contribution in [3.63, 3.8) is 0 Å². The van der Waals surface area contributed by atoms with Gasteiger partial charge in [0.1, 0.15) is 0 Å². The number of esters is 1. The number of ether oxygens (including phenoxy) is 1. The number of carbonyl (C=O) groups is 1. The van der Waals surface area contributed by atoms with Gasteiger partial charge in [-0.1, -0.05) is 18.2 Å². The number of aromatic nitrogens is 3. The van der Waals surface area contributed by atoms with Crippen LogP contribution >= 0.6 is 0 Å². The van der Waals surface area contributed by atoms with E-state index in [2.05, 4.69) is 15.0 Å². The van der Waals surface area contributed by atoms with Crippen LogP contribution in [-0.2, 0) is 11.2 Å². The number of nitrogens with two attached hydrogens (primary N) is 1. The molecule has 0 saturated heterocycles. The van der Waals surface area contributed by atoms with Crippen LogP contribution in [-0.4, -0.2) is 28.1 Å². The third-order valence-electron chi connectivity index (χ3n) is 2.59. The highest BCUT2D eigenvalue weighted by molar-refractivity contribution is 5.88. The molecule has 0 aliphatic carbocycles. The van der Waals surface area contributed by atoms with Crippen LogP contribution in [0.3, 0.4) is 0 Å². The highest BCUT2D eigenvalue weighted by Gasteiger charge is 2.19. The number of rotatable bonds is 3. The van der Waals surface area contributed by atoms with Crippen molar-refractivity contribution in [2.45, 2.75) is 13.3 Å². The molecule has 2 aromatic rings. The number of hydrogen-bond acceptors (Lipinski definition) is 5. The Morgan fingerprint density at radius 1 is 1.50 bits per heavy atom. The average molecular weight is 246 g/mol. The Hall–Kier alpha value is -2.37. The third-order valence-corrected chi connectivity index (χ3v) is 2.59. The molecule has 0 aliphatic heterocycles. The van der Waals surface area contributed by atoms with Crippen molar-refractivity contribution in [1.82, 2.24) is 15.0 Å². The standard InChI is InChI=1S/C12H14N4O2/c1-3-10-11(12(17)18-2)14-15-16(10)9-6-4-5-8(13)7-9/h4-7H,3,13H2,1-2H3. The van der Waals surface area contributed by atoms with Gasteiger partial charge in [-0.15, -0.1) is 5.10 Å². The Morgan fingerprint density at radius 3 is 2.89 bits per heavy atom. The molecule has 0 bridgehead atoms. The van der Waals surface area contributed by atoms with Gasteiger partial charge >= 0.3 is 5.97 Å². The van der Waals surface area contributed by atoms with E-state index in [0.717, 1.165) is 5.69 Å². The minimum Gasteiger partial charge on any atom is -0.464 e. The highest BCUT2D eigenvalue weighted by atomic mass is 16.5. The van der Waals surface area contributed by atoms with E-state index >= 15 is 0 Å². The van der Waals surface area contributed by atoms with Gasteiger partial charge in [-0.25, -0.2) is 9.48 Å². The Bertz CT molecular complexity index is 577. The van der Waals surface area contributed by atoms with E-state index in [4.69, 9.17) is 5.73 Å². The van der Waals surface area contributed by atoms with Crippen molar-refractivity contribution in [3.8, 4) is 5.69 Å². The van der Waals surface area contributed by atoms with Gasteiger partial charge in [0.05, 0.1) is 18.5 Å². The fourth-order valence-electron chi connectivity index (χ4n) is 1.74. The molecule has 0 unspecified atom stereocenters. The van der Waals surface area contributed by atoms with Crippen LogP contribution in [0.2, 0.25) is 0 Å². The first-order chi connectivity index (χ1) is 8.67. The predicted octanol–water partition coefficient (Wildman–Crippen LogP) is 1.20.